The van der Waals surface area contributed by atoms with Crippen molar-refractivity contribution in [3.05, 3.63) is 81.8 Å². The van der Waals surface area contributed by atoms with E-state index in [4.69, 9.17) is 0 Å². The number of nitrogens with zero attached hydrogens (tertiary/aromatic N) is 4. The van der Waals surface area contributed by atoms with E-state index < -0.39 is 35.4 Å². The number of para-hydroxylation sites is 1. The fourth-order valence-electron chi connectivity index (χ4n) is 3.89. The van der Waals surface area contributed by atoms with Crippen molar-refractivity contribution in [2.24, 2.45) is 0 Å². The highest BCUT2D eigenvalue weighted by Gasteiger charge is 2.45. The number of anilines is 1. The van der Waals surface area contributed by atoms with Crippen LogP contribution in [0, 0.1) is 5.39 Å². The molecule has 9 nitrogen and oxygen atoms in total. The van der Waals surface area contributed by atoms with Gasteiger partial charge in [0.25, 0.3) is 11.8 Å². The average molecular weight is 405 g/mol. The van der Waals surface area contributed by atoms with Gasteiger partial charge in [-0.15, -0.1) is 0 Å². The summed E-state index contributed by atoms with van der Waals surface area (Å²) in [6.45, 7) is -0.0563. The first-order valence-corrected chi connectivity index (χ1v) is 9.17. The summed E-state index contributed by atoms with van der Waals surface area (Å²) in [6.07, 6.45) is 0.377. The number of hydrogen-bond donors (Lipinski definition) is 1. The number of imide groups is 1. The van der Waals surface area contributed by atoms with Crippen LogP contribution in [0.5, 0.6) is 0 Å². The summed E-state index contributed by atoms with van der Waals surface area (Å²) in [4.78, 5) is 43.9. The van der Waals surface area contributed by atoms with Gasteiger partial charge in [0.05, 0.1) is 30.8 Å². The van der Waals surface area contributed by atoms with E-state index >= 15 is 0 Å². The summed E-state index contributed by atoms with van der Waals surface area (Å²) in [6, 6.07) is 13.0. The van der Waals surface area contributed by atoms with E-state index in [1.54, 1.807) is 36.4 Å². The van der Waals surface area contributed by atoms with Gasteiger partial charge in [0.15, 0.2) is 4.98 Å². The Morgan fingerprint density at radius 1 is 1.13 bits per heavy atom. The summed E-state index contributed by atoms with van der Waals surface area (Å²) in [5.41, 5.74) is 1.31. The molecule has 2 aliphatic heterocycles. The molecule has 0 saturated carbocycles. The second kappa shape index (κ2) is 7.33. The third kappa shape index (κ3) is 2.86. The van der Waals surface area contributed by atoms with Crippen molar-refractivity contribution >= 4 is 23.4 Å². The van der Waals surface area contributed by atoms with Gasteiger partial charge in [-0.2, -0.15) is 0 Å². The van der Waals surface area contributed by atoms with Crippen LogP contribution in [-0.2, 0) is 16.0 Å². The number of carbonyl (C=O) groups excluding carboxylic acids is 3. The molecule has 2 aliphatic rings. The first-order valence-electron chi connectivity index (χ1n) is 9.17. The zero-order chi connectivity index (χ0) is 21.4. The van der Waals surface area contributed by atoms with Gasteiger partial charge in [-0.3, -0.25) is 24.2 Å². The molecule has 2 aromatic rings. The molecule has 2 heterocycles. The zero-order valence-corrected chi connectivity index (χ0v) is 16.0. The van der Waals surface area contributed by atoms with Crippen LogP contribution in [0.15, 0.2) is 60.2 Å². The van der Waals surface area contributed by atoms with E-state index in [1.165, 1.54) is 4.90 Å². The molecule has 30 heavy (non-hydrogen) atoms. The van der Waals surface area contributed by atoms with E-state index in [0.717, 1.165) is 17.6 Å². The number of diazo groups is 1. The van der Waals surface area contributed by atoms with Crippen molar-refractivity contribution in [1.29, 1.82) is 5.39 Å². The number of rotatable bonds is 4. The molecule has 4 rings (SSSR count). The molecular formula is C21H17N4O5+. The number of aliphatic hydroxyl groups excluding tert-OH is 1. The molecule has 0 aliphatic carbocycles. The number of methoxy groups -OCH3 is 1. The number of hydrogen-bond acceptors (Lipinski definition) is 6. The molecule has 0 bridgehead atoms. The fourth-order valence-corrected chi connectivity index (χ4v) is 3.89. The number of fused-ring (bicyclic) bond motifs is 2. The lowest BCUT2D eigenvalue weighted by Gasteiger charge is -2.26. The summed E-state index contributed by atoms with van der Waals surface area (Å²) >= 11 is 0. The van der Waals surface area contributed by atoms with Crippen molar-refractivity contribution in [3.8, 4) is 0 Å². The van der Waals surface area contributed by atoms with Crippen LogP contribution >= 0.6 is 0 Å². The number of amides is 3. The summed E-state index contributed by atoms with van der Waals surface area (Å²) in [5.74, 6) is -2.52. The maximum absolute atomic E-state index is 13.1. The van der Waals surface area contributed by atoms with Crippen LogP contribution in [0.25, 0.3) is 4.98 Å². The van der Waals surface area contributed by atoms with Crippen molar-refractivity contribution < 1.29 is 24.2 Å². The van der Waals surface area contributed by atoms with E-state index in [2.05, 4.69) is 9.71 Å². The Labute approximate surface area is 171 Å². The highest BCUT2D eigenvalue weighted by Crippen LogP contribution is 2.35. The van der Waals surface area contributed by atoms with Crippen LogP contribution < -0.4 is 4.90 Å². The predicted molar refractivity (Wildman–Crippen MR) is 105 cm³/mol. The Morgan fingerprint density at radius 2 is 1.73 bits per heavy atom. The van der Waals surface area contributed by atoms with E-state index in [-0.39, 0.29) is 6.54 Å². The molecule has 0 saturated heterocycles. The zero-order valence-electron chi connectivity index (χ0n) is 16.0. The van der Waals surface area contributed by atoms with Crippen LogP contribution in [0.3, 0.4) is 0 Å². The van der Waals surface area contributed by atoms with E-state index in [9.17, 15) is 24.9 Å². The molecular weight excluding hydrogens is 388 g/mol. The lowest BCUT2D eigenvalue weighted by atomic mass is 10.1. The van der Waals surface area contributed by atoms with E-state index in [0.29, 0.717) is 23.2 Å². The first kappa shape index (κ1) is 19.1. The van der Waals surface area contributed by atoms with Gasteiger partial charge in [0.2, 0.25) is 5.39 Å². The Balaban J connectivity index is 1.70. The van der Waals surface area contributed by atoms with Crippen molar-refractivity contribution in [1.82, 2.24) is 4.90 Å². The van der Waals surface area contributed by atoms with Crippen molar-refractivity contribution in [2.45, 2.75) is 12.5 Å². The highest BCUT2D eigenvalue weighted by molar-refractivity contribution is 6.21. The number of aliphatic hydroxyl groups is 1. The molecule has 1 unspecified atom stereocenters. The maximum Gasteiger partial charge on any atom is 0.527 e. The van der Waals surface area contributed by atoms with Gasteiger partial charge in [-0.25, -0.2) is 0 Å². The topological polar surface area (TPSA) is 115 Å². The Kier molecular flexibility index (Phi) is 4.68. The maximum atomic E-state index is 13.1. The molecule has 2 aromatic carbocycles. The average Bonchev–Trinajstić information content (AvgIpc) is 3.25. The van der Waals surface area contributed by atoms with Gasteiger partial charge in [-0.05, 0) is 30.2 Å². The third-order valence-electron chi connectivity index (χ3n) is 5.26. The number of carbonyl (C=O) groups is 3. The summed E-state index contributed by atoms with van der Waals surface area (Å²) < 4.78 is 4.63. The Hall–Kier alpha value is -4.19. The summed E-state index contributed by atoms with van der Waals surface area (Å²) in [5, 5.41) is 19.0. The van der Waals surface area contributed by atoms with Gasteiger partial charge < -0.3 is 9.84 Å². The molecule has 150 valence electrons. The molecule has 3 amide bonds. The lowest BCUT2D eigenvalue weighted by Crippen LogP contribution is -2.47. The quantitative estimate of drug-likeness (QED) is 0.362. The standard InChI is InChI=1S/C21H16N4O5/c1-30-21(29)17(23-22)20(28)25-13(10-12-6-2-5-9-16(12)25)11-24-18(26)14-7-3-4-8-15(14)19(24)27/h2-9,13H,10-11H2,1H3/p+1. The van der Waals surface area contributed by atoms with Gasteiger partial charge in [0, 0.05) is 5.69 Å². The SMILES string of the molecule is CO/C(O)=C(\[N+]#N)C(=O)N1c2ccccc2CC1CN1C(=O)c2ccccc2C1=O. The van der Waals surface area contributed by atoms with Gasteiger partial charge >= 0.3 is 17.5 Å². The highest BCUT2D eigenvalue weighted by atomic mass is 16.6. The summed E-state index contributed by atoms with van der Waals surface area (Å²) in [7, 11) is 1.13. The minimum absolute atomic E-state index is 0.0563. The van der Waals surface area contributed by atoms with Crippen LogP contribution in [0.4, 0.5) is 5.69 Å². The molecule has 1 atom stereocenters. The normalized spacial score (nSPS) is 17.9. The monoisotopic (exact) mass is 405 g/mol. The Morgan fingerprint density at radius 3 is 2.33 bits per heavy atom. The molecule has 1 N–H and O–H groups in total. The van der Waals surface area contributed by atoms with Crippen LogP contribution in [0.1, 0.15) is 26.3 Å². The van der Waals surface area contributed by atoms with Crippen molar-refractivity contribution in [3.63, 3.8) is 0 Å². The largest absolute Gasteiger partial charge is 0.527 e. The third-order valence-corrected chi connectivity index (χ3v) is 5.26. The minimum atomic E-state index is -0.841. The van der Waals surface area contributed by atoms with E-state index in [1.807, 2.05) is 12.1 Å². The minimum Gasteiger partial charge on any atom is -0.475 e. The smallest absolute Gasteiger partial charge is 0.475 e. The second-order valence-electron chi connectivity index (χ2n) is 6.89. The molecule has 0 spiro atoms. The Bertz CT molecular complexity index is 1120. The van der Waals surface area contributed by atoms with Gasteiger partial charge in [0.1, 0.15) is 0 Å². The molecule has 9 heteroatoms. The molecule has 0 aromatic heterocycles. The first-order chi connectivity index (χ1) is 14.5. The second-order valence-corrected chi connectivity index (χ2v) is 6.89. The fraction of sp³-hybridized carbons (Fsp3) is 0.190. The van der Waals surface area contributed by atoms with Crippen LogP contribution in [-0.4, -0.2) is 47.4 Å². The molecule has 0 fully saturated rings. The van der Waals surface area contributed by atoms with Crippen LogP contribution in [0.2, 0.25) is 0 Å². The predicted octanol–water partition coefficient (Wildman–Crippen LogP) is 2.47. The number of ether oxygens (including phenoxy) is 1. The van der Waals surface area contributed by atoms with Gasteiger partial charge in [-0.1, -0.05) is 30.3 Å². The lowest BCUT2D eigenvalue weighted by molar-refractivity contribution is -0.115. The molecule has 0 radical (unpaired) electrons. The van der Waals surface area contributed by atoms with Crippen molar-refractivity contribution in [2.75, 3.05) is 18.6 Å². The number of benzene rings is 2.